The second-order valence-electron chi connectivity index (χ2n) is 5.59. The molecule has 0 radical (unpaired) electrons. The molecule has 17 heavy (non-hydrogen) atoms. The molecule has 2 atom stereocenters. The van der Waals surface area contributed by atoms with Gasteiger partial charge in [-0.1, -0.05) is 37.3 Å². The fourth-order valence-electron chi connectivity index (χ4n) is 2.44. The summed E-state index contributed by atoms with van der Waals surface area (Å²) in [6.45, 7) is 9.31. The lowest BCUT2D eigenvalue weighted by atomic mass is 10.1. The Kier molecular flexibility index (Phi) is 3.34. The normalized spacial score (nSPS) is 29.5. The molecule has 0 saturated heterocycles. The summed E-state index contributed by atoms with van der Waals surface area (Å²) in [5, 5.41) is 3.74. The van der Waals surface area contributed by atoms with Crippen molar-refractivity contribution in [2.24, 2.45) is 22.2 Å². The first-order chi connectivity index (χ1) is 7.93. The summed E-state index contributed by atoms with van der Waals surface area (Å²) < 4.78 is 0. The van der Waals surface area contributed by atoms with Crippen LogP contribution >= 0.6 is 11.8 Å². The van der Waals surface area contributed by atoms with Crippen molar-refractivity contribution in [1.82, 2.24) is 5.32 Å². The molecule has 0 aromatic carbocycles. The van der Waals surface area contributed by atoms with Gasteiger partial charge >= 0.3 is 0 Å². The monoisotopic (exact) mass is 252 g/mol. The third-order valence-corrected chi connectivity index (χ3v) is 4.41. The summed E-state index contributed by atoms with van der Waals surface area (Å²) in [6, 6.07) is 0. The largest absolute Gasteiger partial charge is 0.305 e. The molecule has 3 nitrogen and oxygen atoms in total. The molecule has 2 rings (SSSR count). The van der Waals surface area contributed by atoms with Crippen molar-refractivity contribution < 1.29 is 4.79 Å². The van der Waals surface area contributed by atoms with Crippen LogP contribution < -0.4 is 5.32 Å². The SMILES string of the molecule is CC(C)=C[C@@H]1[C@H](C(=O)NC2=NCCS2)C1(C)C. The van der Waals surface area contributed by atoms with Gasteiger partial charge in [-0.15, -0.1) is 0 Å². The van der Waals surface area contributed by atoms with Gasteiger partial charge in [-0.2, -0.15) is 0 Å². The van der Waals surface area contributed by atoms with E-state index in [9.17, 15) is 4.79 Å². The van der Waals surface area contributed by atoms with Crippen LogP contribution in [0.3, 0.4) is 0 Å². The highest BCUT2D eigenvalue weighted by atomic mass is 32.2. The van der Waals surface area contributed by atoms with E-state index < -0.39 is 0 Å². The molecule has 94 valence electrons. The molecule has 0 spiro atoms. The Morgan fingerprint density at radius 3 is 2.76 bits per heavy atom. The molecule has 1 saturated carbocycles. The molecule has 0 unspecified atom stereocenters. The number of aliphatic imine (C=N–C) groups is 1. The van der Waals surface area contributed by atoms with Gasteiger partial charge in [0.15, 0.2) is 5.17 Å². The smallest absolute Gasteiger partial charge is 0.230 e. The van der Waals surface area contributed by atoms with E-state index in [1.54, 1.807) is 11.8 Å². The van der Waals surface area contributed by atoms with E-state index in [0.29, 0.717) is 5.92 Å². The maximum absolute atomic E-state index is 12.1. The Morgan fingerprint density at radius 1 is 1.53 bits per heavy atom. The van der Waals surface area contributed by atoms with E-state index in [0.717, 1.165) is 17.5 Å². The zero-order valence-electron chi connectivity index (χ0n) is 10.9. The topological polar surface area (TPSA) is 41.5 Å². The quantitative estimate of drug-likeness (QED) is 0.767. The summed E-state index contributed by atoms with van der Waals surface area (Å²) in [5.74, 6) is 1.59. The zero-order chi connectivity index (χ0) is 12.6. The van der Waals surface area contributed by atoms with Gasteiger partial charge in [0.05, 0.1) is 12.5 Å². The van der Waals surface area contributed by atoms with E-state index in [-0.39, 0.29) is 17.2 Å². The number of carbonyl (C=O) groups excluding carboxylic acids is 1. The summed E-state index contributed by atoms with van der Waals surface area (Å²) in [5.41, 5.74) is 1.37. The lowest BCUT2D eigenvalue weighted by molar-refractivity contribution is -0.121. The molecule has 0 aromatic heterocycles. The highest BCUT2D eigenvalue weighted by molar-refractivity contribution is 8.14. The van der Waals surface area contributed by atoms with Gasteiger partial charge in [-0.25, -0.2) is 0 Å². The first-order valence-corrected chi connectivity index (χ1v) is 7.04. The average molecular weight is 252 g/mol. The van der Waals surface area contributed by atoms with Crippen LogP contribution in [0.2, 0.25) is 0 Å². The van der Waals surface area contributed by atoms with Gasteiger partial charge in [0.1, 0.15) is 0 Å². The highest BCUT2D eigenvalue weighted by Crippen LogP contribution is 2.59. The van der Waals surface area contributed by atoms with Crippen LogP contribution in [0.4, 0.5) is 0 Å². The van der Waals surface area contributed by atoms with Crippen molar-refractivity contribution >= 4 is 22.8 Å². The highest BCUT2D eigenvalue weighted by Gasteiger charge is 2.60. The molecule has 1 heterocycles. The first kappa shape index (κ1) is 12.7. The number of nitrogens with one attached hydrogen (secondary N) is 1. The summed E-state index contributed by atoms with van der Waals surface area (Å²) >= 11 is 1.63. The molecule has 4 heteroatoms. The minimum absolute atomic E-state index is 0.0885. The van der Waals surface area contributed by atoms with E-state index in [4.69, 9.17) is 0 Å². The van der Waals surface area contributed by atoms with Crippen LogP contribution in [-0.2, 0) is 4.79 Å². The summed E-state index contributed by atoms with van der Waals surface area (Å²) in [6.07, 6.45) is 2.22. The molecule has 1 aliphatic heterocycles. The second kappa shape index (κ2) is 4.48. The molecular formula is C13H20N2OS. The van der Waals surface area contributed by atoms with Gasteiger partial charge in [0, 0.05) is 5.75 Å². The van der Waals surface area contributed by atoms with Crippen LogP contribution in [-0.4, -0.2) is 23.4 Å². The number of amides is 1. The average Bonchev–Trinajstić information content (AvgIpc) is 2.64. The first-order valence-electron chi connectivity index (χ1n) is 6.06. The van der Waals surface area contributed by atoms with Gasteiger partial charge in [0.25, 0.3) is 0 Å². The Balaban J connectivity index is 1.99. The van der Waals surface area contributed by atoms with Crippen molar-refractivity contribution in [3.63, 3.8) is 0 Å². The Labute approximate surface area is 107 Å². The van der Waals surface area contributed by atoms with Crippen molar-refractivity contribution in [2.75, 3.05) is 12.3 Å². The number of nitrogens with zero attached hydrogens (tertiary/aromatic N) is 1. The van der Waals surface area contributed by atoms with Gasteiger partial charge in [-0.05, 0) is 25.2 Å². The van der Waals surface area contributed by atoms with E-state index >= 15 is 0 Å². The van der Waals surface area contributed by atoms with Crippen molar-refractivity contribution in [2.45, 2.75) is 27.7 Å². The number of allylic oxidation sites excluding steroid dienone is 2. The Hall–Kier alpha value is -0.770. The number of amidine groups is 1. The molecule has 0 aromatic rings. The molecule has 2 aliphatic rings. The molecular weight excluding hydrogens is 232 g/mol. The van der Waals surface area contributed by atoms with Gasteiger partial charge in [0.2, 0.25) is 5.91 Å². The van der Waals surface area contributed by atoms with E-state index in [1.807, 2.05) is 0 Å². The summed E-state index contributed by atoms with van der Waals surface area (Å²) in [7, 11) is 0. The maximum Gasteiger partial charge on any atom is 0.230 e. The fraction of sp³-hybridized carbons (Fsp3) is 0.692. The van der Waals surface area contributed by atoms with Crippen LogP contribution in [0.25, 0.3) is 0 Å². The van der Waals surface area contributed by atoms with Crippen molar-refractivity contribution in [3.05, 3.63) is 11.6 Å². The summed E-state index contributed by atoms with van der Waals surface area (Å²) in [4.78, 5) is 16.4. The molecule has 1 aliphatic carbocycles. The van der Waals surface area contributed by atoms with Crippen LogP contribution in [0.15, 0.2) is 16.6 Å². The van der Waals surface area contributed by atoms with Crippen LogP contribution in [0.1, 0.15) is 27.7 Å². The Bertz CT molecular complexity index is 394. The van der Waals surface area contributed by atoms with E-state index in [2.05, 4.69) is 44.1 Å². The van der Waals surface area contributed by atoms with Gasteiger partial charge in [-0.3, -0.25) is 9.79 Å². The number of hydrogen-bond acceptors (Lipinski definition) is 3. The lowest BCUT2D eigenvalue weighted by Crippen LogP contribution is -2.30. The van der Waals surface area contributed by atoms with Crippen LogP contribution in [0, 0.1) is 17.3 Å². The fourth-order valence-corrected chi connectivity index (χ4v) is 3.17. The molecule has 1 fully saturated rings. The van der Waals surface area contributed by atoms with Crippen molar-refractivity contribution in [1.29, 1.82) is 0 Å². The molecule has 1 N–H and O–H groups in total. The van der Waals surface area contributed by atoms with Crippen LogP contribution in [0.5, 0.6) is 0 Å². The third-order valence-electron chi connectivity index (χ3n) is 3.52. The predicted molar refractivity (Wildman–Crippen MR) is 73.1 cm³/mol. The number of carbonyl (C=O) groups is 1. The molecule has 0 bridgehead atoms. The number of thioether (sulfide) groups is 1. The second-order valence-corrected chi connectivity index (χ2v) is 6.68. The molecule has 1 amide bonds. The third kappa shape index (κ3) is 2.57. The lowest BCUT2D eigenvalue weighted by Gasteiger charge is -2.04. The van der Waals surface area contributed by atoms with Gasteiger partial charge < -0.3 is 5.32 Å². The maximum atomic E-state index is 12.1. The minimum Gasteiger partial charge on any atom is -0.305 e. The minimum atomic E-state index is 0.0885. The number of hydrogen-bond donors (Lipinski definition) is 1. The van der Waals surface area contributed by atoms with Crippen molar-refractivity contribution in [3.8, 4) is 0 Å². The zero-order valence-corrected chi connectivity index (χ0v) is 11.7. The standard InChI is InChI=1S/C13H20N2OS/c1-8(2)7-9-10(13(9,3)4)11(16)15-12-14-5-6-17-12/h7,9-10H,5-6H2,1-4H3,(H,14,15,16)/t9-,10-/m1/s1. The Morgan fingerprint density at radius 2 is 2.24 bits per heavy atom. The predicted octanol–water partition coefficient (Wildman–Crippen LogP) is 2.44. The number of rotatable bonds is 2. The van der Waals surface area contributed by atoms with E-state index in [1.165, 1.54) is 5.57 Å².